The van der Waals surface area contributed by atoms with E-state index in [9.17, 15) is 15.0 Å². The average molecular weight is 279 g/mol. The van der Waals surface area contributed by atoms with Crippen LogP contribution >= 0.6 is 0 Å². The third kappa shape index (κ3) is 3.49. The van der Waals surface area contributed by atoms with Gasteiger partial charge in [0.25, 0.3) is 0 Å². The highest BCUT2D eigenvalue weighted by Gasteiger charge is 2.26. The summed E-state index contributed by atoms with van der Waals surface area (Å²) in [6, 6.07) is 4.56. The lowest BCUT2D eigenvalue weighted by Crippen LogP contribution is -2.43. The first-order valence-corrected chi connectivity index (χ1v) is 7.02. The summed E-state index contributed by atoms with van der Waals surface area (Å²) < 4.78 is 0. The molecule has 0 saturated heterocycles. The van der Waals surface area contributed by atoms with Gasteiger partial charge in [-0.1, -0.05) is 6.42 Å². The van der Waals surface area contributed by atoms with E-state index in [4.69, 9.17) is 5.11 Å². The monoisotopic (exact) mass is 279 g/mol. The van der Waals surface area contributed by atoms with Crippen molar-refractivity contribution in [3.05, 3.63) is 23.8 Å². The second kappa shape index (κ2) is 6.72. The van der Waals surface area contributed by atoms with Crippen LogP contribution in [-0.4, -0.2) is 51.7 Å². The molecule has 0 aromatic heterocycles. The fourth-order valence-corrected chi connectivity index (χ4v) is 2.39. The lowest BCUT2D eigenvalue weighted by molar-refractivity contribution is 0.0787. The molecule has 1 aliphatic carbocycles. The summed E-state index contributed by atoms with van der Waals surface area (Å²) in [5, 5.41) is 27.6. The highest BCUT2D eigenvalue weighted by Crippen LogP contribution is 2.27. The minimum atomic E-state index is -0.276. The number of Topliss-reactive ketones (excluding diaryl/α,β-unsaturated/α-hetero) is 1. The highest BCUT2D eigenvalue weighted by molar-refractivity contribution is 5.98. The lowest BCUT2D eigenvalue weighted by Gasteiger charge is -2.37. The number of aromatic hydroxyl groups is 2. The molecule has 0 aliphatic heterocycles. The van der Waals surface area contributed by atoms with Crippen molar-refractivity contribution in [3.8, 4) is 11.5 Å². The van der Waals surface area contributed by atoms with Gasteiger partial charge in [-0.25, -0.2) is 0 Å². The van der Waals surface area contributed by atoms with Crippen LogP contribution in [0.1, 0.15) is 36.0 Å². The van der Waals surface area contributed by atoms with Crippen molar-refractivity contribution >= 4 is 5.78 Å². The molecule has 0 amide bonds. The summed E-state index contributed by atoms with van der Waals surface area (Å²) in [7, 11) is 0. The van der Waals surface area contributed by atoms with Gasteiger partial charge >= 0.3 is 0 Å². The van der Waals surface area contributed by atoms with Crippen LogP contribution in [0, 0.1) is 0 Å². The van der Waals surface area contributed by atoms with E-state index >= 15 is 0 Å². The molecule has 0 heterocycles. The van der Waals surface area contributed by atoms with Gasteiger partial charge in [0, 0.05) is 24.8 Å². The smallest absolute Gasteiger partial charge is 0.176 e. The molecule has 0 bridgehead atoms. The number of nitrogens with zero attached hydrogens (tertiary/aromatic N) is 1. The molecule has 0 spiro atoms. The first-order chi connectivity index (χ1) is 9.61. The molecule has 1 aromatic carbocycles. The van der Waals surface area contributed by atoms with Gasteiger partial charge in [0.15, 0.2) is 17.3 Å². The topological polar surface area (TPSA) is 81.0 Å². The van der Waals surface area contributed by atoms with Gasteiger partial charge in [0.05, 0.1) is 6.54 Å². The van der Waals surface area contributed by atoms with E-state index in [2.05, 4.69) is 4.90 Å². The molecule has 0 atom stereocenters. The van der Waals surface area contributed by atoms with Crippen molar-refractivity contribution < 1.29 is 20.1 Å². The Morgan fingerprint density at radius 1 is 1.25 bits per heavy atom. The van der Waals surface area contributed by atoms with Crippen LogP contribution in [0.5, 0.6) is 11.5 Å². The average Bonchev–Trinajstić information content (AvgIpc) is 2.37. The van der Waals surface area contributed by atoms with Gasteiger partial charge in [0.2, 0.25) is 0 Å². The maximum atomic E-state index is 12.2. The number of hydrogen-bond acceptors (Lipinski definition) is 5. The molecule has 20 heavy (non-hydrogen) atoms. The Balaban J connectivity index is 2.00. The first kappa shape index (κ1) is 14.8. The minimum Gasteiger partial charge on any atom is -0.504 e. The largest absolute Gasteiger partial charge is 0.504 e. The Bertz CT molecular complexity index is 471. The molecule has 1 aromatic rings. The van der Waals surface area contributed by atoms with Crippen molar-refractivity contribution in [1.29, 1.82) is 0 Å². The Labute approximate surface area is 118 Å². The summed E-state index contributed by atoms with van der Waals surface area (Å²) in [5.74, 6) is -0.579. The third-order valence-corrected chi connectivity index (χ3v) is 3.84. The van der Waals surface area contributed by atoms with Crippen molar-refractivity contribution in [3.63, 3.8) is 0 Å². The standard InChI is InChI=1S/C15H21NO4/c17-8-2-7-16(12-3-1-4-12)10-15(20)11-5-6-13(18)14(19)9-11/h5-6,9,12,17-19H,1-4,7-8,10H2. The molecule has 5 heteroatoms. The number of rotatable bonds is 7. The first-order valence-electron chi connectivity index (χ1n) is 7.02. The Kier molecular flexibility index (Phi) is 4.98. The molecule has 110 valence electrons. The predicted octanol–water partition coefficient (Wildman–Crippen LogP) is 1.52. The number of ketones is 1. The number of carbonyl (C=O) groups is 1. The maximum absolute atomic E-state index is 12.2. The summed E-state index contributed by atoms with van der Waals surface area (Å²) in [5.41, 5.74) is 0.397. The zero-order valence-electron chi connectivity index (χ0n) is 11.5. The molecule has 1 aliphatic rings. The SMILES string of the molecule is O=C(CN(CCCO)C1CCC1)c1ccc(O)c(O)c1. The van der Waals surface area contributed by atoms with E-state index in [1.807, 2.05) is 0 Å². The number of phenolic OH excluding ortho intramolecular Hbond substituents is 2. The zero-order chi connectivity index (χ0) is 14.5. The molecular weight excluding hydrogens is 258 g/mol. The molecule has 3 N–H and O–H groups in total. The summed E-state index contributed by atoms with van der Waals surface area (Å²) >= 11 is 0. The quantitative estimate of drug-likeness (QED) is 0.521. The van der Waals surface area contributed by atoms with Gasteiger partial charge in [0.1, 0.15) is 0 Å². The van der Waals surface area contributed by atoms with Crippen LogP contribution in [0.2, 0.25) is 0 Å². The number of aliphatic hydroxyl groups is 1. The second-order valence-electron chi connectivity index (χ2n) is 5.26. The van der Waals surface area contributed by atoms with Crippen molar-refractivity contribution in [2.75, 3.05) is 19.7 Å². The lowest BCUT2D eigenvalue weighted by atomic mass is 9.91. The normalized spacial score (nSPS) is 15.3. The minimum absolute atomic E-state index is 0.0786. The number of carbonyl (C=O) groups excluding carboxylic acids is 1. The van der Waals surface area contributed by atoms with Gasteiger partial charge in [-0.15, -0.1) is 0 Å². The summed E-state index contributed by atoms with van der Waals surface area (Å²) in [6.45, 7) is 1.11. The van der Waals surface area contributed by atoms with Crippen LogP contribution in [0.15, 0.2) is 18.2 Å². The number of hydrogen-bond donors (Lipinski definition) is 3. The van der Waals surface area contributed by atoms with Crippen LogP contribution in [-0.2, 0) is 0 Å². The van der Waals surface area contributed by atoms with E-state index < -0.39 is 0 Å². The molecule has 0 unspecified atom stereocenters. The molecule has 5 nitrogen and oxygen atoms in total. The van der Waals surface area contributed by atoms with E-state index in [0.29, 0.717) is 24.6 Å². The van der Waals surface area contributed by atoms with E-state index in [1.165, 1.54) is 24.6 Å². The number of aliphatic hydroxyl groups excluding tert-OH is 1. The van der Waals surface area contributed by atoms with E-state index in [-0.39, 0.29) is 30.4 Å². The Morgan fingerprint density at radius 2 is 2.00 bits per heavy atom. The summed E-state index contributed by atoms with van der Waals surface area (Å²) in [6.07, 6.45) is 4.04. The molecule has 2 rings (SSSR count). The fourth-order valence-electron chi connectivity index (χ4n) is 2.39. The van der Waals surface area contributed by atoms with Crippen LogP contribution in [0.3, 0.4) is 0 Å². The maximum Gasteiger partial charge on any atom is 0.176 e. The van der Waals surface area contributed by atoms with Gasteiger partial charge in [-0.3, -0.25) is 9.69 Å². The fraction of sp³-hybridized carbons (Fsp3) is 0.533. The van der Waals surface area contributed by atoms with E-state index in [1.54, 1.807) is 0 Å². The predicted molar refractivity (Wildman–Crippen MR) is 75.0 cm³/mol. The zero-order valence-corrected chi connectivity index (χ0v) is 11.5. The van der Waals surface area contributed by atoms with Gasteiger partial charge in [-0.05, 0) is 37.5 Å². The molecule has 1 saturated carbocycles. The van der Waals surface area contributed by atoms with Gasteiger partial charge < -0.3 is 15.3 Å². The van der Waals surface area contributed by atoms with Crippen molar-refractivity contribution in [1.82, 2.24) is 4.90 Å². The number of benzene rings is 1. The highest BCUT2D eigenvalue weighted by atomic mass is 16.3. The molecular formula is C15H21NO4. The van der Waals surface area contributed by atoms with Crippen molar-refractivity contribution in [2.24, 2.45) is 0 Å². The Morgan fingerprint density at radius 3 is 2.55 bits per heavy atom. The molecule has 0 radical (unpaired) electrons. The Hall–Kier alpha value is -1.59. The van der Waals surface area contributed by atoms with Gasteiger partial charge in [-0.2, -0.15) is 0 Å². The number of phenols is 2. The van der Waals surface area contributed by atoms with Crippen LogP contribution in [0.25, 0.3) is 0 Å². The van der Waals surface area contributed by atoms with Crippen LogP contribution < -0.4 is 0 Å². The second-order valence-corrected chi connectivity index (χ2v) is 5.26. The third-order valence-electron chi connectivity index (χ3n) is 3.84. The summed E-state index contributed by atoms with van der Waals surface area (Å²) in [4.78, 5) is 14.3. The van der Waals surface area contributed by atoms with E-state index in [0.717, 1.165) is 12.8 Å². The molecule has 1 fully saturated rings. The van der Waals surface area contributed by atoms with Crippen molar-refractivity contribution in [2.45, 2.75) is 31.7 Å². The van der Waals surface area contributed by atoms with Crippen LogP contribution in [0.4, 0.5) is 0 Å².